The van der Waals surface area contributed by atoms with E-state index in [4.69, 9.17) is 27.9 Å². The number of ether oxygens (including phenoxy) is 1. The Labute approximate surface area is 142 Å². The van der Waals surface area contributed by atoms with Gasteiger partial charge < -0.3 is 10.1 Å². The topological polar surface area (TPSA) is 81.2 Å². The zero-order valence-electron chi connectivity index (χ0n) is 12.1. The quantitative estimate of drug-likeness (QED) is 0.507. The number of amides is 1. The van der Waals surface area contributed by atoms with Crippen LogP contribution in [0.5, 0.6) is 0 Å². The smallest absolute Gasteiger partial charge is 0.338 e. The molecule has 0 saturated heterocycles. The molecule has 2 aromatic rings. The first kappa shape index (κ1) is 17.2. The highest BCUT2D eigenvalue weighted by molar-refractivity contribution is 6.32. The molecule has 23 heavy (non-hydrogen) atoms. The van der Waals surface area contributed by atoms with Crippen molar-refractivity contribution in [3.05, 3.63) is 58.1 Å². The number of hydrogen-bond donors (Lipinski definition) is 1. The van der Waals surface area contributed by atoms with Crippen molar-refractivity contribution >= 4 is 35.1 Å². The van der Waals surface area contributed by atoms with Crippen LogP contribution in [0.1, 0.15) is 27.8 Å². The van der Waals surface area contributed by atoms with E-state index in [1.165, 1.54) is 6.07 Å². The second-order valence-electron chi connectivity index (χ2n) is 4.68. The van der Waals surface area contributed by atoms with Crippen LogP contribution in [-0.2, 0) is 4.74 Å². The normalized spacial score (nSPS) is 11.6. The van der Waals surface area contributed by atoms with Crippen molar-refractivity contribution in [2.75, 3.05) is 6.61 Å². The largest absolute Gasteiger partial charge is 0.460 e. The SMILES string of the molecule is CC(COC(=O)c1ccccc1)NC(=O)c1cc(Cl)nc(Cl)n1. The van der Waals surface area contributed by atoms with E-state index in [0.29, 0.717) is 5.56 Å². The van der Waals surface area contributed by atoms with E-state index in [1.54, 1.807) is 37.3 Å². The van der Waals surface area contributed by atoms with Crippen LogP contribution in [0.15, 0.2) is 36.4 Å². The van der Waals surface area contributed by atoms with Crippen LogP contribution in [0.2, 0.25) is 10.4 Å². The molecule has 0 aliphatic heterocycles. The van der Waals surface area contributed by atoms with Gasteiger partial charge in [-0.2, -0.15) is 0 Å². The van der Waals surface area contributed by atoms with Gasteiger partial charge in [-0.1, -0.05) is 29.8 Å². The molecular weight excluding hydrogens is 341 g/mol. The molecule has 8 heteroatoms. The molecule has 6 nitrogen and oxygen atoms in total. The van der Waals surface area contributed by atoms with Gasteiger partial charge in [0.25, 0.3) is 5.91 Å². The van der Waals surface area contributed by atoms with E-state index in [0.717, 1.165) is 0 Å². The highest BCUT2D eigenvalue weighted by Gasteiger charge is 2.15. The Balaban J connectivity index is 1.88. The third-order valence-corrected chi connectivity index (χ3v) is 3.11. The zero-order chi connectivity index (χ0) is 16.8. The van der Waals surface area contributed by atoms with Crippen LogP contribution < -0.4 is 5.32 Å². The van der Waals surface area contributed by atoms with Crippen LogP contribution >= 0.6 is 23.2 Å². The van der Waals surface area contributed by atoms with Crippen LogP contribution in [-0.4, -0.2) is 34.5 Å². The average molecular weight is 354 g/mol. The molecule has 1 heterocycles. The van der Waals surface area contributed by atoms with Crippen molar-refractivity contribution in [2.45, 2.75) is 13.0 Å². The summed E-state index contributed by atoms with van der Waals surface area (Å²) in [4.78, 5) is 31.3. The summed E-state index contributed by atoms with van der Waals surface area (Å²) in [5.41, 5.74) is 0.483. The summed E-state index contributed by atoms with van der Waals surface area (Å²) in [6.45, 7) is 1.71. The van der Waals surface area contributed by atoms with Gasteiger partial charge in [-0.15, -0.1) is 0 Å². The van der Waals surface area contributed by atoms with Crippen LogP contribution in [0.25, 0.3) is 0 Å². The second kappa shape index (κ2) is 7.89. The molecule has 1 aromatic carbocycles. The van der Waals surface area contributed by atoms with Gasteiger partial charge in [0.15, 0.2) is 0 Å². The second-order valence-corrected chi connectivity index (χ2v) is 5.41. The molecular formula is C15H13Cl2N3O3. The van der Waals surface area contributed by atoms with Crippen LogP contribution in [0.3, 0.4) is 0 Å². The minimum Gasteiger partial charge on any atom is -0.460 e. The Morgan fingerprint density at radius 1 is 1.22 bits per heavy atom. The number of nitrogens with zero attached hydrogens (tertiary/aromatic N) is 2. The lowest BCUT2D eigenvalue weighted by atomic mass is 10.2. The number of halogens is 2. The summed E-state index contributed by atoms with van der Waals surface area (Å²) in [5, 5.41) is 2.58. The van der Waals surface area contributed by atoms with Gasteiger partial charge >= 0.3 is 5.97 Å². The molecule has 0 aliphatic carbocycles. The number of hydrogen-bond acceptors (Lipinski definition) is 5. The third-order valence-electron chi connectivity index (χ3n) is 2.75. The predicted octanol–water partition coefficient (Wildman–Crippen LogP) is 2.76. The fraction of sp³-hybridized carbons (Fsp3) is 0.200. The van der Waals surface area contributed by atoms with Crippen LogP contribution in [0.4, 0.5) is 0 Å². The molecule has 0 radical (unpaired) electrons. The van der Waals surface area contributed by atoms with Gasteiger partial charge in [-0.05, 0) is 30.7 Å². The average Bonchev–Trinajstić information content (AvgIpc) is 2.52. The van der Waals surface area contributed by atoms with Crippen molar-refractivity contribution in [3.63, 3.8) is 0 Å². The minimum absolute atomic E-state index is 0.0199. The van der Waals surface area contributed by atoms with E-state index < -0.39 is 17.9 Å². The first-order valence-electron chi connectivity index (χ1n) is 6.69. The fourth-order valence-corrected chi connectivity index (χ4v) is 2.11. The summed E-state index contributed by atoms with van der Waals surface area (Å²) < 4.78 is 5.14. The van der Waals surface area contributed by atoms with E-state index >= 15 is 0 Å². The molecule has 0 spiro atoms. The lowest BCUT2D eigenvalue weighted by molar-refractivity contribution is 0.0464. The molecule has 0 aliphatic rings. The van der Waals surface area contributed by atoms with Gasteiger partial charge in [0.05, 0.1) is 11.6 Å². The Kier molecular flexibility index (Phi) is 5.90. The molecule has 1 N–H and O–H groups in total. The number of benzene rings is 1. The third kappa shape index (κ3) is 5.19. The minimum atomic E-state index is -0.487. The van der Waals surface area contributed by atoms with E-state index in [2.05, 4.69) is 15.3 Å². The molecule has 0 fully saturated rings. The van der Waals surface area contributed by atoms with Crippen molar-refractivity contribution < 1.29 is 14.3 Å². The summed E-state index contributed by atoms with van der Waals surface area (Å²) in [6, 6.07) is 9.47. The predicted molar refractivity (Wildman–Crippen MR) is 85.7 cm³/mol. The van der Waals surface area contributed by atoms with Gasteiger partial charge in [0.2, 0.25) is 5.28 Å². The summed E-state index contributed by atoms with van der Waals surface area (Å²) >= 11 is 11.4. The maximum Gasteiger partial charge on any atom is 0.338 e. The van der Waals surface area contributed by atoms with Gasteiger partial charge in [0, 0.05) is 6.07 Å². The van der Waals surface area contributed by atoms with Gasteiger partial charge in [0.1, 0.15) is 17.5 Å². The number of aromatic nitrogens is 2. The van der Waals surface area contributed by atoms with Gasteiger partial charge in [-0.25, -0.2) is 14.8 Å². The molecule has 1 amide bonds. The van der Waals surface area contributed by atoms with E-state index in [-0.39, 0.29) is 22.7 Å². The maximum atomic E-state index is 12.0. The molecule has 120 valence electrons. The Bertz CT molecular complexity index is 690. The Morgan fingerprint density at radius 3 is 2.57 bits per heavy atom. The molecule has 1 aromatic heterocycles. The van der Waals surface area contributed by atoms with Crippen LogP contribution in [0, 0.1) is 0 Å². The summed E-state index contributed by atoms with van der Waals surface area (Å²) in [6.07, 6.45) is 0. The highest BCUT2D eigenvalue weighted by atomic mass is 35.5. The molecule has 1 unspecified atom stereocenters. The van der Waals surface area contributed by atoms with E-state index in [9.17, 15) is 9.59 Å². The van der Waals surface area contributed by atoms with Crippen molar-refractivity contribution in [1.82, 2.24) is 15.3 Å². The number of rotatable bonds is 5. The maximum absolute atomic E-state index is 12.0. The lowest BCUT2D eigenvalue weighted by Gasteiger charge is -2.14. The fourth-order valence-electron chi connectivity index (χ4n) is 1.70. The van der Waals surface area contributed by atoms with Gasteiger partial charge in [-0.3, -0.25) is 4.79 Å². The summed E-state index contributed by atoms with van der Waals surface area (Å²) in [5.74, 6) is -0.945. The molecule has 2 rings (SSSR count). The first-order chi connectivity index (χ1) is 11.0. The highest BCUT2D eigenvalue weighted by Crippen LogP contribution is 2.10. The van der Waals surface area contributed by atoms with E-state index in [1.807, 2.05) is 0 Å². The molecule has 1 atom stereocenters. The number of carbonyl (C=O) groups excluding carboxylic acids is 2. The Hall–Kier alpha value is -2.18. The number of nitrogens with one attached hydrogen (secondary N) is 1. The van der Waals surface area contributed by atoms with Crippen molar-refractivity contribution in [3.8, 4) is 0 Å². The monoisotopic (exact) mass is 353 g/mol. The number of esters is 1. The summed E-state index contributed by atoms with van der Waals surface area (Å²) in [7, 11) is 0. The molecule has 0 bridgehead atoms. The lowest BCUT2D eigenvalue weighted by Crippen LogP contribution is -2.37. The van der Waals surface area contributed by atoms with Crippen molar-refractivity contribution in [1.29, 1.82) is 0 Å². The zero-order valence-corrected chi connectivity index (χ0v) is 13.6. The molecule has 0 saturated carbocycles. The Morgan fingerprint density at radius 2 is 1.91 bits per heavy atom. The first-order valence-corrected chi connectivity index (χ1v) is 7.44. The number of carbonyl (C=O) groups is 2. The van der Waals surface area contributed by atoms with Crippen molar-refractivity contribution in [2.24, 2.45) is 0 Å². The standard InChI is InChI=1S/C15H13Cl2N3O3/c1-9(8-23-14(22)10-5-3-2-4-6-10)18-13(21)11-7-12(16)20-15(17)19-11/h2-7,9H,8H2,1H3,(H,18,21).